The van der Waals surface area contributed by atoms with Crippen molar-refractivity contribution in [1.29, 1.82) is 0 Å². The Morgan fingerprint density at radius 3 is 2.22 bits per heavy atom. The number of Topliss-reactive ketones (excluding diaryl/α,β-unsaturated/α-hetero) is 1. The molecule has 0 bridgehead atoms. The molecular weight excluding hydrogens is 431 g/mol. The SMILES string of the molecule is Cc1cc(C(=O)CS(=O)(=O)c2c(Cl)cccc2Cl)nn1-c1ccccc1Cl. The number of carbonyl (C=O) groups excluding carboxylic acids is 1. The molecule has 1 aromatic heterocycles. The zero-order valence-electron chi connectivity index (χ0n) is 14.0. The second-order valence-electron chi connectivity index (χ2n) is 5.77. The highest BCUT2D eigenvalue weighted by molar-refractivity contribution is 7.92. The van der Waals surface area contributed by atoms with Gasteiger partial charge in [-0.3, -0.25) is 4.79 Å². The Kier molecular flexibility index (Phi) is 5.63. The van der Waals surface area contributed by atoms with Crippen molar-refractivity contribution < 1.29 is 13.2 Å². The van der Waals surface area contributed by atoms with Gasteiger partial charge in [-0.15, -0.1) is 0 Å². The first-order valence-corrected chi connectivity index (χ1v) is 10.5. The first kappa shape index (κ1) is 19.9. The molecule has 0 aliphatic carbocycles. The highest BCUT2D eigenvalue weighted by atomic mass is 35.5. The summed E-state index contributed by atoms with van der Waals surface area (Å²) in [5, 5.41) is 4.60. The third kappa shape index (κ3) is 4.04. The van der Waals surface area contributed by atoms with Gasteiger partial charge in [0.25, 0.3) is 0 Å². The molecule has 9 heteroatoms. The summed E-state index contributed by atoms with van der Waals surface area (Å²) < 4.78 is 26.7. The number of aromatic nitrogens is 2. The highest BCUT2D eigenvalue weighted by Gasteiger charge is 2.27. The fourth-order valence-electron chi connectivity index (χ4n) is 2.58. The Bertz CT molecular complexity index is 1120. The number of hydrogen-bond acceptors (Lipinski definition) is 4. The van der Waals surface area contributed by atoms with Crippen LogP contribution in [0.2, 0.25) is 15.1 Å². The minimum Gasteiger partial charge on any atom is -0.291 e. The number of hydrogen-bond donors (Lipinski definition) is 0. The van der Waals surface area contributed by atoms with Gasteiger partial charge in [0.15, 0.2) is 15.6 Å². The minimum absolute atomic E-state index is 0.0131. The summed E-state index contributed by atoms with van der Waals surface area (Å²) in [5.74, 6) is -1.46. The highest BCUT2D eigenvalue weighted by Crippen LogP contribution is 2.30. The molecule has 0 atom stereocenters. The summed E-state index contributed by atoms with van der Waals surface area (Å²) in [6, 6.07) is 12.8. The van der Waals surface area contributed by atoms with Gasteiger partial charge in [0.2, 0.25) is 0 Å². The molecular formula is C18H13Cl3N2O3S. The molecule has 0 radical (unpaired) electrons. The van der Waals surface area contributed by atoms with Crippen LogP contribution in [0.3, 0.4) is 0 Å². The van der Waals surface area contributed by atoms with Gasteiger partial charge < -0.3 is 0 Å². The van der Waals surface area contributed by atoms with Crippen LogP contribution in [0.25, 0.3) is 5.69 Å². The largest absolute Gasteiger partial charge is 0.291 e. The van der Waals surface area contributed by atoms with Gasteiger partial charge in [0, 0.05) is 5.69 Å². The van der Waals surface area contributed by atoms with Crippen LogP contribution in [0.1, 0.15) is 16.2 Å². The summed E-state index contributed by atoms with van der Waals surface area (Å²) >= 11 is 18.1. The minimum atomic E-state index is -4.03. The Hall–Kier alpha value is -1.86. The van der Waals surface area contributed by atoms with Crippen molar-refractivity contribution in [2.45, 2.75) is 11.8 Å². The quantitative estimate of drug-likeness (QED) is 0.531. The molecule has 3 aromatic rings. The Morgan fingerprint density at radius 1 is 1.00 bits per heavy atom. The zero-order valence-corrected chi connectivity index (χ0v) is 17.1. The van der Waals surface area contributed by atoms with Crippen molar-refractivity contribution in [3.63, 3.8) is 0 Å². The molecule has 1 heterocycles. The predicted molar refractivity (Wildman–Crippen MR) is 106 cm³/mol. The number of para-hydroxylation sites is 1. The molecule has 0 amide bonds. The third-order valence-corrected chi connectivity index (χ3v) is 6.68. The van der Waals surface area contributed by atoms with E-state index in [4.69, 9.17) is 34.8 Å². The number of ketones is 1. The second kappa shape index (κ2) is 7.64. The van der Waals surface area contributed by atoms with Crippen LogP contribution in [-0.2, 0) is 9.84 Å². The predicted octanol–water partition coefficient (Wildman–Crippen LogP) is 4.80. The van der Waals surface area contributed by atoms with Crippen molar-refractivity contribution in [1.82, 2.24) is 9.78 Å². The van der Waals surface area contributed by atoms with Gasteiger partial charge in [-0.25, -0.2) is 13.1 Å². The Morgan fingerprint density at radius 2 is 1.59 bits per heavy atom. The van der Waals surface area contributed by atoms with Crippen molar-refractivity contribution >= 4 is 50.4 Å². The van der Waals surface area contributed by atoms with E-state index in [0.29, 0.717) is 16.4 Å². The number of halogens is 3. The number of benzene rings is 2. The molecule has 0 N–H and O–H groups in total. The number of aryl methyl sites for hydroxylation is 1. The monoisotopic (exact) mass is 442 g/mol. The van der Waals surface area contributed by atoms with Crippen molar-refractivity contribution in [2.75, 3.05) is 5.75 Å². The molecule has 140 valence electrons. The molecule has 0 fully saturated rings. The normalized spacial score (nSPS) is 11.6. The zero-order chi connectivity index (χ0) is 19.8. The van der Waals surface area contributed by atoms with Crippen molar-refractivity contribution in [2.24, 2.45) is 0 Å². The molecule has 0 aliphatic rings. The van der Waals surface area contributed by atoms with Crippen molar-refractivity contribution in [3.8, 4) is 5.69 Å². The van der Waals surface area contributed by atoms with E-state index in [0.717, 1.165) is 0 Å². The summed E-state index contributed by atoms with van der Waals surface area (Å²) in [6.07, 6.45) is 0. The second-order valence-corrected chi connectivity index (χ2v) is 8.92. The lowest BCUT2D eigenvalue weighted by Gasteiger charge is -2.07. The lowest BCUT2D eigenvalue weighted by molar-refractivity contribution is 0.101. The smallest absolute Gasteiger partial charge is 0.198 e. The maximum Gasteiger partial charge on any atom is 0.198 e. The van der Waals surface area contributed by atoms with Gasteiger partial charge in [-0.1, -0.05) is 53.0 Å². The standard InChI is InChI=1S/C18H13Cl3N2O3S/c1-11-9-15(22-23(11)16-8-3-2-5-12(16)19)17(24)10-27(25,26)18-13(20)6-4-7-14(18)21/h2-9H,10H2,1H3. The topological polar surface area (TPSA) is 69.0 Å². The van der Waals surface area contributed by atoms with E-state index in [9.17, 15) is 13.2 Å². The summed E-state index contributed by atoms with van der Waals surface area (Å²) in [7, 11) is -4.03. The van der Waals surface area contributed by atoms with E-state index in [2.05, 4.69) is 5.10 Å². The average molecular weight is 444 g/mol. The molecule has 0 aliphatic heterocycles. The van der Waals surface area contributed by atoms with Crippen LogP contribution >= 0.6 is 34.8 Å². The molecule has 2 aromatic carbocycles. The van der Waals surface area contributed by atoms with Crippen LogP contribution in [0.4, 0.5) is 0 Å². The van der Waals surface area contributed by atoms with Crippen LogP contribution in [-0.4, -0.2) is 29.7 Å². The van der Waals surface area contributed by atoms with Crippen LogP contribution < -0.4 is 0 Å². The molecule has 0 saturated carbocycles. The molecule has 27 heavy (non-hydrogen) atoms. The first-order valence-electron chi connectivity index (χ1n) is 7.72. The fraction of sp³-hybridized carbons (Fsp3) is 0.111. The summed E-state index contributed by atoms with van der Waals surface area (Å²) in [6.45, 7) is 1.74. The maximum atomic E-state index is 12.6. The van der Waals surface area contributed by atoms with Crippen LogP contribution in [0, 0.1) is 6.92 Å². The van der Waals surface area contributed by atoms with Gasteiger partial charge in [0.1, 0.15) is 16.3 Å². The van der Waals surface area contributed by atoms with Crippen molar-refractivity contribution in [3.05, 3.63) is 75.0 Å². The van der Waals surface area contributed by atoms with Crippen LogP contribution in [0.15, 0.2) is 53.4 Å². The van der Waals surface area contributed by atoms with E-state index >= 15 is 0 Å². The maximum absolute atomic E-state index is 12.6. The van der Waals surface area contributed by atoms with E-state index in [1.807, 2.05) is 0 Å². The van der Waals surface area contributed by atoms with Gasteiger partial charge >= 0.3 is 0 Å². The number of rotatable bonds is 5. The fourth-order valence-corrected chi connectivity index (χ4v) is 5.26. The number of carbonyl (C=O) groups is 1. The van der Waals surface area contributed by atoms with E-state index in [-0.39, 0.29) is 20.6 Å². The number of sulfone groups is 1. The summed E-state index contributed by atoms with van der Waals surface area (Å²) in [4.78, 5) is 12.3. The average Bonchev–Trinajstić information content (AvgIpc) is 2.96. The third-order valence-electron chi connectivity index (χ3n) is 3.80. The lowest BCUT2D eigenvalue weighted by atomic mass is 10.3. The number of nitrogens with zero attached hydrogens (tertiary/aromatic N) is 2. The molecule has 0 saturated heterocycles. The molecule has 5 nitrogen and oxygen atoms in total. The van der Waals surface area contributed by atoms with Gasteiger partial charge in [-0.2, -0.15) is 5.10 Å². The van der Waals surface area contributed by atoms with E-state index in [1.54, 1.807) is 31.2 Å². The Balaban J connectivity index is 1.94. The van der Waals surface area contributed by atoms with Crippen LogP contribution in [0.5, 0.6) is 0 Å². The molecule has 0 spiro atoms. The molecule has 0 unspecified atom stereocenters. The molecule has 3 rings (SSSR count). The van der Waals surface area contributed by atoms with E-state index < -0.39 is 21.4 Å². The lowest BCUT2D eigenvalue weighted by Crippen LogP contribution is -2.18. The first-order chi connectivity index (χ1) is 12.7. The summed E-state index contributed by atoms with van der Waals surface area (Å²) in [5.41, 5.74) is 1.24. The van der Waals surface area contributed by atoms with E-state index in [1.165, 1.54) is 28.9 Å². The van der Waals surface area contributed by atoms with Gasteiger partial charge in [-0.05, 0) is 37.3 Å². The van der Waals surface area contributed by atoms with Gasteiger partial charge in [0.05, 0.1) is 20.8 Å². The Labute approximate surface area is 171 Å².